The van der Waals surface area contributed by atoms with Gasteiger partial charge in [0.15, 0.2) is 6.10 Å². The van der Waals surface area contributed by atoms with Gasteiger partial charge in [0.25, 0.3) is 0 Å². The van der Waals surface area contributed by atoms with Gasteiger partial charge in [0.1, 0.15) is 6.61 Å². The fourth-order valence-electron chi connectivity index (χ4n) is 5.15. The van der Waals surface area contributed by atoms with Crippen LogP contribution < -0.4 is 0 Å². The number of aliphatic hydroxyl groups excluding tert-OH is 1. The highest BCUT2D eigenvalue weighted by atomic mass is 16.6. The Morgan fingerprint density at radius 1 is 0.453 bits per heavy atom. The fraction of sp³-hybridized carbons (Fsp3) is 0.583. The summed E-state index contributed by atoms with van der Waals surface area (Å²) in [4.78, 5) is 24.2. The molecule has 1 unspecified atom stereocenters. The van der Waals surface area contributed by atoms with Crippen LogP contribution in [0.25, 0.3) is 0 Å². The molecule has 0 radical (unpaired) electrons. The zero-order valence-electron chi connectivity index (χ0n) is 33.7. The number of aliphatic hydroxyl groups is 1. The van der Waals surface area contributed by atoms with Crippen LogP contribution in [0.15, 0.2) is 109 Å². The van der Waals surface area contributed by atoms with Gasteiger partial charge in [0.2, 0.25) is 0 Å². The van der Waals surface area contributed by atoms with Gasteiger partial charge in [-0.2, -0.15) is 0 Å². The van der Waals surface area contributed by atoms with Crippen molar-refractivity contribution in [2.75, 3.05) is 13.2 Å². The molecule has 0 aromatic heterocycles. The summed E-state index contributed by atoms with van der Waals surface area (Å²) in [5, 5.41) is 9.55. The predicted octanol–water partition coefficient (Wildman–Crippen LogP) is 13.5. The molecule has 0 saturated carbocycles. The average molecular weight is 733 g/mol. The molecule has 0 rings (SSSR count). The molecule has 0 spiro atoms. The van der Waals surface area contributed by atoms with E-state index in [9.17, 15) is 14.7 Å². The molecule has 0 aliphatic carbocycles. The zero-order chi connectivity index (χ0) is 38.6. The lowest BCUT2D eigenvalue weighted by Crippen LogP contribution is -2.28. The average Bonchev–Trinajstić information content (AvgIpc) is 3.16. The smallest absolute Gasteiger partial charge is 0.306 e. The van der Waals surface area contributed by atoms with Gasteiger partial charge >= 0.3 is 11.9 Å². The number of rotatable bonds is 36. The number of hydrogen-bond donors (Lipinski definition) is 1. The summed E-state index contributed by atoms with van der Waals surface area (Å²) in [6, 6.07) is 0. The first-order valence-corrected chi connectivity index (χ1v) is 20.9. The molecule has 0 heterocycles. The molecular weight excluding hydrogens is 657 g/mol. The molecule has 5 heteroatoms. The summed E-state index contributed by atoms with van der Waals surface area (Å²) in [7, 11) is 0. The Hall–Kier alpha value is -3.44. The summed E-state index contributed by atoms with van der Waals surface area (Å²) in [6.07, 6.45) is 61.6. The Labute approximate surface area is 325 Å². The summed E-state index contributed by atoms with van der Waals surface area (Å²) in [5.74, 6) is -0.665. The summed E-state index contributed by atoms with van der Waals surface area (Å²) in [6.45, 7) is 3.93. The lowest BCUT2D eigenvalue weighted by atomic mass is 10.1. The van der Waals surface area contributed by atoms with Crippen molar-refractivity contribution in [1.29, 1.82) is 0 Å². The van der Waals surface area contributed by atoms with Gasteiger partial charge in [0.05, 0.1) is 6.61 Å². The van der Waals surface area contributed by atoms with E-state index in [1.165, 1.54) is 38.5 Å². The monoisotopic (exact) mass is 733 g/mol. The van der Waals surface area contributed by atoms with Crippen LogP contribution in [0.2, 0.25) is 0 Å². The SMILES string of the molecule is CC/C=C\C/C=C\C/C=C\C/C=C\C/C=C\C/C=C\C/C=C\C/C=C\CCCCC(=O)OC(CO)COC(=O)CCCCCCC/C=C\CCCCC. The number of ether oxygens (including phenoxy) is 2. The van der Waals surface area contributed by atoms with Crippen molar-refractivity contribution in [1.82, 2.24) is 0 Å². The lowest BCUT2D eigenvalue weighted by Gasteiger charge is -2.15. The molecule has 0 saturated heterocycles. The van der Waals surface area contributed by atoms with E-state index in [-0.39, 0.29) is 25.2 Å². The van der Waals surface area contributed by atoms with E-state index in [4.69, 9.17) is 9.47 Å². The van der Waals surface area contributed by atoms with E-state index in [1.807, 2.05) is 0 Å². The summed E-state index contributed by atoms with van der Waals surface area (Å²) < 4.78 is 10.6. The Kier molecular flexibility index (Phi) is 40.2. The van der Waals surface area contributed by atoms with Crippen molar-refractivity contribution in [2.24, 2.45) is 0 Å². The topological polar surface area (TPSA) is 72.8 Å². The maximum atomic E-state index is 12.2. The zero-order valence-corrected chi connectivity index (χ0v) is 33.7. The predicted molar refractivity (Wildman–Crippen MR) is 228 cm³/mol. The van der Waals surface area contributed by atoms with Crippen LogP contribution in [0.3, 0.4) is 0 Å². The van der Waals surface area contributed by atoms with Crippen molar-refractivity contribution in [3.63, 3.8) is 0 Å². The van der Waals surface area contributed by atoms with Gasteiger partial charge in [0, 0.05) is 12.8 Å². The molecule has 1 N–H and O–H groups in total. The molecule has 298 valence electrons. The van der Waals surface area contributed by atoms with Crippen molar-refractivity contribution in [2.45, 2.75) is 168 Å². The van der Waals surface area contributed by atoms with Crippen LogP contribution >= 0.6 is 0 Å². The molecule has 5 nitrogen and oxygen atoms in total. The second-order valence-electron chi connectivity index (χ2n) is 13.3. The Morgan fingerprint density at radius 3 is 1.28 bits per heavy atom. The molecule has 0 aliphatic heterocycles. The number of carbonyl (C=O) groups is 2. The van der Waals surface area contributed by atoms with Crippen LogP contribution in [0.5, 0.6) is 0 Å². The first kappa shape index (κ1) is 49.6. The second-order valence-corrected chi connectivity index (χ2v) is 13.3. The van der Waals surface area contributed by atoms with Crippen LogP contribution in [0.4, 0.5) is 0 Å². The van der Waals surface area contributed by atoms with E-state index >= 15 is 0 Å². The minimum absolute atomic E-state index is 0.0952. The van der Waals surface area contributed by atoms with Gasteiger partial charge in [-0.25, -0.2) is 0 Å². The molecule has 0 aliphatic rings. The first-order chi connectivity index (χ1) is 26.1. The highest BCUT2D eigenvalue weighted by molar-refractivity contribution is 5.70. The van der Waals surface area contributed by atoms with E-state index < -0.39 is 6.10 Å². The highest BCUT2D eigenvalue weighted by Crippen LogP contribution is 2.10. The second kappa shape index (κ2) is 43.0. The van der Waals surface area contributed by atoms with Crippen molar-refractivity contribution < 1.29 is 24.2 Å². The van der Waals surface area contributed by atoms with Crippen LogP contribution in [0.1, 0.15) is 162 Å². The molecule has 0 amide bonds. The third kappa shape index (κ3) is 41.2. The minimum Gasteiger partial charge on any atom is -0.462 e. The van der Waals surface area contributed by atoms with Gasteiger partial charge in [-0.05, 0) is 103 Å². The third-order valence-electron chi connectivity index (χ3n) is 8.30. The molecule has 0 aromatic carbocycles. The Bertz CT molecular complexity index is 1100. The molecule has 0 fully saturated rings. The maximum Gasteiger partial charge on any atom is 0.306 e. The maximum absolute atomic E-state index is 12.2. The van der Waals surface area contributed by atoms with E-state index in [1.54, 1.807) is 0 Å². The van der Waals surface area contributed by atoms with E-state index in [2.05, 4.69) is 123 Å². The Balaban J connectivity index is 3.73. The van der Waals surface area contributed by atoms with Crippen LogP contribution in [0, 0.1) is 0 Å². The van der Waals surface area contributed by atoms with Crippen molar-refractivity contribution >= 4 is 11.9 Å². The largest absolute Gasteiger partial charge is 0.462 e. The molecule has 0 bridgehead atoms. The summed E-state index contributed by atoms with van der Waals surface area (Å²) >= 11 is 0. The standard InChI is InChI=1S/C48H76O5/c1-3-5-7-9-11-13-15-17-18-19-20-21-22-23-24-25-26-27-28-29-30-31-33-35-37-39-41-43-48(51)53-46(44-49)45-52-47(50)42-40-38-36-34-32-16-14-12-10-8-6-4-2/h5,7,11-14,17-18,20-21,23-24,26-27,29-30,33,35,46,49H,3-4,6,8-10,15-16,19,22,25,28,31-32,34,36-45H2,1-2H3/b7-5-,13-11-,14-12-,18-17-,21-20-,24-23-,27-26-,30-29-,35-33-. The van der Waals surface area contributed by atoms with Crippen molar-refractivity contribution in [3.8, 4) is 0 Å². The number of allylic oxidation sites excluding steroid dienone is 18. The fourth-order valence-corrected chi connectivity index (χ4v) is 5.15. The van der Waals surface area contributed by atoms with E-state index in [0.717, 1.165) is 96.3 Å². The van der Waals surface area contributed by atoms with Crippen LogP contribution in [-0.2, 0) is 19.1 Å². The van der Waals surface area contributed by atoms with E-state index in [0.29, 0.717) is 12.8 Å². The van der Waals surface area contributed by atoms with Gasteiger partial charge < -0.3 is 14.6 Å². The number of hydrogen-bond acceptors (Lipinski definition) is 5. The van der Waals surface area contributed by atoms with Crippen LogP contribution in [-0.4, -0.2) is 36.4 Å². The molecule has 1 atom stereocenters. The summed E-state index contributed by atoms with van der Waals surface area (Å²) in [5.41, 5.74) is 0. The molecular formula is C48H76O5. The number of carbonyl (C=O) groups excluding carboxylic acids is 2. The normalized spacial score (nSPS) is 13.3. The highest BCUT2D eigenvalue weighted by Gasteiger charge is 2.16. The quantitative estimate of drug-likeness (QED) is 0.0394. The van der Waals surface area contributed by atoms with Gasteiger partial charge in [-0.15, -0.1) is 0 Å². The number of esters is 2. The molecule has 0 aromatic rings. The van der Waals surface area contributed by atoms with Gasteiger partial charge in [-0.3, -0.25) is 9.59 Å². The number of unbranched alkanes of at least 4 members (excludes halogenated alkanes) is 10. The van der Waals surface area contributed by atoms with Crippen molar-refractivity contribution in [3.05, 3.63) is 109 Å². The minimum atomic E-state index is -0.805. The first-order valence-electron chi connectivity index (χ1n) is 20.9. The Morgan fingerprint density at radius 2 is 0.811 bits per heavy atom. The molecule has 53 heavy (non-hydrogen) atoms. The lowest BCUT2D eigenvalue weighted by molar-refractivity contribution is -0.161. The third-order valence-corrected chi connectivity index (χ3v) is 8.30. The van der Waals surface area contributed by atoms with Gasteiger partial charge in [-0.1, -0.05) is 155 Å².